The Morgan fingerprint density at radius 3 is 2.82 bits per heavy atom. The molecule has 0 spiro atoms. The van der Waals surface area contributed by atoms with Gasteiger partial charge in [0.1, 0.15) is 0 Å². The zero-order valence-corrected chi connectivity index (χ0v) is 10.3. The van der Waals surface area contributed by atoms with Gasteiger partial charge in [-0.2, -0.15) is 0 Å². The van der Waals surface area contributed by atoms with Crippen molar-refractivity contribution in [3.8, 4) is 5.75 Å². The summed E-state index contributed by atoms with van der Waals surface area (Å²) in [5.41, 5.74) is 7.05. The van der Waals surface area contributed by atoms with Crippen molar-refractivity contribution in [2.75, 3.05) is 7.11 Å². The third kappa shape index (κ3) is 2.97. The normalized spacial score (nSPS) is 23.9. The lowest BCUT2D eigenvalue weighted by Gasteiger charge is -2.15. The van der Waals surface area contributed by atoms with Gasteiger partial charge in [0.15, 0.2) is 11.6 Å². The Balaban J connectivity index is 1.92. The molecular formula is C14H20FNO. The van der Waals surface area contributed by atoms with E-state index in [4.69, 9.17) is 10.5 Å². The molecule has 17 heavy (non-hydrogen) atoms. The fourth-order valence-corrected chi connectivity index (χ4v) is 2.64. The Hall–Kier alpha value is -1.09. The minimum atomic E-state index is -0.277. The van der Waals surface area contributed by atoms with Crippen LogP contribution in [0.1, 0.15) is 31.2 Å². The highest BCUT2D eigenvalue weighted by molar-refractivity contribution is 5.29. The molecule has 0 radical (unpaired) electrons. The first-order valence-electron chi connectivity index (χ1n) is 6.28. The molecule has 1 aromatic rings. The van der Waals surface area contributed by atoms with Crippen LogP contribution in [-0.4, -0.2) is 13.2 Å². The molecule has 1 aliphatic carbocycles. The minimum absolute atomic E-state index is 0.277. The molecule has 3 heteroatoms. The van der Waals surface area contributed by atoms with Crippen molar-refractivity contribution in [1.29, 1.82) is 0 Å². The fourth-order valence-electron chi connectivity index (χ4n) is 2.64. The maximum Gasteiger partial charge on any atom is 0.165 e. The number of methoxy groups -OCH3 is 1. The Kier molecular flexibility index (Phi) is 4.00. The highest BCUT2D eigenvalue weighted by atomic mass is 19.1. The second-order valence-electron chi connectivity index (χ2n) is 4.86. The molecule has 1 saturated carbocycles. The van der Waals surface area contributed by atoms with E-state index in [-0.39, 0.29) is 5.82 Å². The predicted octanol–water partition coefficient (Wildman–Crippen LogP) is 2.89. The first-order valence-corrected chi connectivity index (χ1v) is 6.28. The third-order valence-electron chi connectivity index (χ3n) is 3.74. The summed E-state index contributed by atoms with van der Waals surface area (Å²) in [4.78, 5) is 0. The summed E-state index contributed by atoms with van der Waals surface area (Å²) in [7, 11) is 1.48. The molecule has 0 bridgehead atoms. The average Bonchev–Trinajstić information content (AvgIpc) is 2.72. The van der Waals surface area contributed by atoms with Gasteiger partial charge in [-0.1, -0.05) is 12.5 Å². The summed E-state index contributed by atoms with van der Waals surface area (Å²) >= 11 is 0. The molecule has 0 aliphatic heterocycles. The Bertz CT molecular complexity index is 380. The molecule has 94 valence electrons. The van der Waals surface area contributed by atoms with E-state index in [1.807, 2.05) is 6.07 Å². The quantitative estimate of drug-likeness (QED) is 0.874. The molecule has 2 rings (SSSR count). The summed E-state index contributed by atoms with van der Waals surface area (Å²) in [5, 5.41) is 0. The van der Waals surface area contributed by atoms with E-state index in [0.29, 0.717) is 17.7 Å². The maximum atomic E-state index is 13.5. The molecule has 0 heterocycles. The predicted molar refractivity (Wildman–Crippen MR) is 66.6 cm³/mol. The molecule has 2 nitrogen and oxygen atoms in total. The van der Waals surface area contributed by atoms with Crippen LogP contribution in [0.15, 0.2) is 18.2 Å². The number of ether oxygens (including phenoxy) is 1. The molecule has 2 atom stereocenters. The highest BCUT2D eigenvalue weighted by Crippen LogP contribution is 2.28. The van der Waals surface area contributed by atoms with Gasteiger partial charge in [0.25, 0.3) is 0 Å². The molecule has 1 aromatic carbocycles. The lowest BCUT2D eigenvalue weighted by atomic mass is 9.95. The Morgan fingerprint density at radius 1 is 1.41 bits per heavy atom. The van der Waals surface area contributed by atoms with Crippen molar-refractivity contribution in [2.45, 2.75) is 38.1 Å². The van der Waals surface area contributed by atoms with E-state index in [9.17, 15) is 4.39 Å². The summed E-state index contributed by atoms with van der Waals surface area (Å²) in [6, 6.07) is 5.54. The summed E-state index contributed by atoms with van der Waals surface area (Å²) in [5.74, 6) is 0.646. The molecule has 0 aromatic heterocycles. The number of hydrogen-bond donors (Lipinski definition) is 1. The summed E-state index contributed by atoms with van der Waals surface area (Å²) in [6.45, 7) is 0. The standard InChI is InChI=1S/C14H20FNO/c1-17-14-8-6-10(9-12(14)15)5-7-11-3-2-4-13(11)16/h6,8-9,11,13H,2-5,7,16H2,1H3. The van der Waals surface area contributed by atoms with Gasteiger partial charge >= 0.3 is 0 Å². The van der Waals surface area contributed by atoms with Crippen LogP contribution in [0.3, 0.4) is 0 Å². The van der Waals surface area contributed by atoms with Crippen LogP contribution in [0.5, 0.6) is 5.75 Å². The van der Waals surface area contributed by atoms with Crippen molar-refractivity contribution in [3.63, 3.8) is 0 Å². The van der Waals surface area contributed by atoms with Crippen LogP contribution in [0, 0.1) is 11.7 Å². The van der Waals surface area contributed by atoms with Gasteiger partial charge in [-0.25, -0.2) is 4.39 Å². The SMILES string of the molecule is COc1ccc(CCC2CCCC2N)cc1F. The number of rotatable bonds is 4. The van der Waals surface area contributed by atoms with Gasteiger partial charge in [-0.15, -0.1) is 0 Å². The van der Waals surface area contributed by atoms with Crippen LogP contribution >= 0.6 is 0 Å². The monoisotopic (exact) mass is 237 g/mol. The molecule has 0 amide bonds. The van der Waals surface area contributed by atoms with Crippen LogP contribution in [0.4, 0.5) is 4.39 Å². The van der Waals surface area contributed by atoms with Crippen LogP contribution < -0.4 is 10.5 Å². The molecular weight excluding hydrogens is 217 g/mol. The molecule has 1 fully saturated rings. The first-order chi connectivity index (χ1) is 8.20. The minimum Gasteiger partial charge on any atom is -0.494 e. The van der Waals surface area contributed by atoms with Crippen LogP contribution in [0.25, 0.3) is 0 Å². The van der Waals surface area contributed by atoms with Crippen molar-refractivity contribution >= 4 is 0 Å². The number of benzene rings is 1. The number of nitrogens with two attached hydrogens (primary N) is 1. The van der Waals surface area contributed by atoms with Crippen LogP contribution in [-0.2, 0) is 6.42 Å². The van der Waals surface area contributed by atoms with Crippen molar-refractivity contribution < 1.29 is 9.13 Å². The molecule has 2 N–H and O–H groups in total. The highest BCUT2D eigenvalue weighted by Gasteiger charge is 2.23. The van der Waals surface area contributed by atoms with E-state index in [2.05, 4.69) is 0 Å². The summed E-state index contributed by atoms with van der Waals surface area (Å²) < 4.78 is 18.4. The number of aryl methyl sites for hydroxylation is 1. The first kappa shape index (κ1) is 12.4. The Morgan fingerprint density at radius 2 is 2.24 bits per heavy atom. The third-order valence-corrected chi connectivity index (χ3v) is 3.74. The van der Waals surface area contributed by atoms with E-state index in [0.717, 1.165) is 24.8 Å². The van der Waals surface area contributed by atoms with Gasteiger partial charge in [0, 0.05) is 6.04 Å². The summed E-state index contributed by atoms with van der Waals surface area (Å²) in [6.07, 6.45) is 5.57. The topological polar surface area (TPSA) is 35.2 Å². The maximum absolute atomic E-state index is 13.5. The zero-order valence-electron chi connectivity index (χ0n) is 10.3. The van der Waals surface area contributed by atoms with Crippen molar-refractivity contribution in [3.05, 3.63) is 29.6 Å². The molecule has 1 aliphatic rings. The number of halogens is 1. The lowest BCUT2D eigenvalue weighted by molar-refractivity contribution is 0.385. The second kappa shape index (κ2) is 5.50. The zero-order chi connectivity index (χ0) is 12.3. The smallest absolute Gasteiger partial charge is 0.165 e. The van der Waals surface area contributed by atoms with Gasteiger partial charge in [0.2, 0.25) is 0 Å². The average molecular weight is 237 g/mol. The van der Waals surface area contributed by atoms with E-state index >= 15 is 0 Å². The fraction of sp³-hybridized carbons (Fsp3) is 0.571. The number of hydrogen-bond acceptors (Lipinski definition) is 2. The largest absolute Gasteiger partial charge is 0.494 e. The lowest BCUT2D eigenvalue weighted by Crippen LogP contribution is -2.24. The van der Waals surface area contributed by atoms with Crippen molar-refractivity contribution in [2.24, 2.45) is 11.7 Å². The van der Waals surface area contributed by atoms with Gasteiger partial charge in [-0.05, 0) is 49.3 Å². The van der Waals surface area contributed by atoms with E-state index < -0.39 is 0 Å². The van der Waals surface area contributed by atoms with Gasteiger partial charge in [0.05, 0.1) is 7.11 Å². The van der Waals surface area contributed by atoms with Gasteiger partial charge < -0.3 is 10.5 Å². The van der Waals surface area contributed by atoms with E-state index in [1.165, 1.54) is 20.0 Å². The second-order valence-corrected chi connectivity index (χ2v) is 4.86. The molecule has 2 unspecified atom stereocenters. The van der Waals surface area contributed by atoms with Crippen molar-refractivity contribution in [1.82, 2.24) is 0 Å². The van der Waals surface area contributed by atoms with Crippen LogP contribution in [0.2, 0.25) is 0 Å². The molecule has 0 saturated heterocycles. The van der Waals surface area contributed by atoms with Gasteiger partial charge in [-0.3, -0.25) is 0 Å². The van der Waals surface area contributed by atoms with E-state index in [1.54, 1.807) is 12.1 Å². The Labute approximate surface area is 102 Å².